The van der Waals surface area contributed by atoms with Gasteiger partial charge in [-0.25, -0.2) is 0 Å². The Labute approximate surface area is 91.1 Å². The number of hydrazine groups is 1. The molecule has 0 aliphatic carbocycles. The number of allylic oxidation sites excluding steroid dienone is 1. The SMILES string of the molecule is C=CCCCC(NN)c1cc(C)nn1C. The summed E-state index contributed by atoms with van der Waals surface area (Å²) in [6.45, 7) is 5.70. The Morgan fingerprint density at radius 1 is 1.73 bits per heavy atom. The van der Waals surface area contributed by atoms with E-state index in [2.05, 4.69) is 23.2 Å². The number of rotatable bonds is 6. The van der Waals surface area contributed by atoms with Crippen molar-refractivity contribution >= 4 is 0 Å². The Morgan fingerprint density at radius 3 is 2.93 bits per heavy atom. The molecule has 4 nitrogen and oxygen atoms in total. The number of nitrogens with zero attached hydrogens (tertiary/aromatic N) is 2. The molecule has 1 heterocycles. The lowest BCUT2D eigenvalue weighted by Crippen LogP contribution is -2.29. The van der Waals surface area contributed by atoms with Gasteiger partial charge in [0.25, 0.3) is 0 Å². The zero-order chi connectivity index (χ0) is 11.3. The largest absolute Gasteiger partial charge is 0.271 e. The maximum atomic E-state index is 5.55. The summed E-state index contributed by atoms with van der Waals surface area (Å²) in [6.07, 6.45) is 5.04. The summed E-state index contributed by atoms with van der Waals surface area (Å²) in [5, 5.41) is 4.31. The number of unbranched alkanes of at least 4 members (excludes halogenated alkanes) is 1. The normalized spacial score (nSPS) is 12.7. The average Bonchev–Trinajstić information content (AvgIpc) is 2.53. The lowest BCUT2D eigenvalue weighted by atomic mass is 10.1. The second-order valence-corrected chi connectivity index (χ2v) is 3.77. The first-order valence-corrected chi connectivity index (χ1v) is 5.26. The van der Waals surface area contributed by atoms with Gasteiger partial charge in [-0.15, -0.1) is 6.58 Å². The molecule has 1 aromatic heterocycles. The molecule has 15 heavy (non-hydrogen) atoms. The number of nitrogens with two attached hydrogens (primary N) is 1. The molecule has 1 rings (SSSR count). The molecular weight excluding hydrogens is 188 g/mol. The molecule has 0 amide bonds. The van der Waals surface area contributed by atoms with Gasteiger partial charge in [-0.1, -0.05) is 6.08 Å². The van der Waals surface area contributed by atoms with Crippen LogP contribution in [-0.4, -0.2) is 9.78 Å². The number of aryl methyl sites for hydroxylation is 2. The Hall–Kier alpha value is -1.13. The van der Waals surface area contributed by atoms with Gasteiger partial charge in [0.15, 0.2) is 0 Å². The number of hydrogen-bond donors (Lipinski definition) is 2. The number of hydrogen-bond acceptors (Lipinski definition) is 3. The van der Waals surface area contributed by atoms with Crippen molar-refractivity contribution in [3.8, 4) is 0 Å². The molecule has 4 heteroatoms. The lowest BCUT2D eigenvalue weighted by molar-refractivity contribution is 0.468. The molecule has 0 aromatic carbocycles. The molecule has 1 atom stereocenters. The van der Waals surface area contributed by atoms with E-state index in [4.69, 9.17) is 5.84 Å². The van der Waals surface area contributed by atoms with E-state index in [1.165, 1.54) is 0 Å². The Morgan fingerprint density at radius 2 is 2.47 bits per heavy atom. The fourth-order valence-corrected chi connectivity index (χ4v) is 1.74. The Bertz CT molecular complexity index is 316. The van der Waals surface area contributed by atoms with E-state index in [0.29, 0.717) is 0 Å². The van der Waals surface area contributed by atoms with E-state index in [1.54, 1.807) is 0 Å². The zero-order valence-corrected chi connectivity index (χ0v) is 9.53. The van der Waals surface area contributed by atoms with Crippen LogP contribution >= 0.6 is 0 Å². The molecular formula is C11H20N4. The summed E-state index contributed by atoms with van der Waals surface area (Å²) in [7, 11) is 1.94. The molecule has 0 bridgehead atoms. The number of nitrogens with one attached hydrogen (secondary N) is 1. The third-order valence-electron chi connectivity index (χ3n) is 2.50. The summed E-state index contributed by atoms with van der Waals surface area (Å²) in [5.74, 6) is 5.55. The maximum Gasteiger partial charge on any atom is 0.0629 e. The van der Waals surface area contributed by atoms with Crippen molar-refractivity contribution in [2.45, 2.75) is 32.2 Å². The summed E-state index contributed by atoms with van der Waals surface area (Å²) in [5.41, 5.74) is 5.00. The van der Waals surface area contributed by atoms with Crippen LogP contribution in [0.4, 0.5) is 0 Å². The molecule has 84 valence electrons. The van der Waals surface area contributed by atoms with Crippen molar-refractivity contribution in [3.63, 3.8) is 0 Å². The smallest absolute Gasteiger partial charge is 0.0629 e. The number of aromatic nitrogens is 2. The fourth-order valence-electron chi connectivity index (χ4n) is 1.74. The minimum Gasteiger partial charge on any atom is -0.271 e. The maximum absolute atomic E-state index is 5.55. The van der Waals surface area contributed by atoms with Gasteiger partial charge in [-0.3, -0.25) is 16.0 Å². The molecule has 0 saturated heterocycles. The molecule has 0 saturated carbocycles. The second kappa shape index (κ2) is 5.68. The summed E-state index contributed by atoms with van der Waals surface area (Å²) >= 11 is 0. The van der Waals surface area contributed by atoms with Crippen LogP contribution in [0.3, 0.4) is 0 Å². The highest BCUT2D eigenvalue weighted by Crippen LogP contribution is 2.18. The van der Waals surface area contributed by atoms with Crippen LogP contribution in [0.1, 0.15) is 36.7 Å². The highest BCUT2D eigenvalue weighted by atomic mass is 15.3. The topological polar surface area (TPSA) is 55.9 Å². The van der Waals surface area contributed by atoms with Crippen LogP contribution in [0.5, 0.6) is 0 Å². The van der Waals surface area contributed by atoms with Crippen LogP contribution in [-0.2, 0) is 7.05 Å². The minimum atomic E-state index is 0.177. The standard InChI is InChI=1S/C11H20N4/c1-4-5-6-7-10(13-12)11-8-9(2)14-15(11)3/h4,8,10,13H,1,5-7,12H2,2-3H3. The highest BCUT2D eigenvalue weighted by molar-refractivity contribution is 5.12. The van der Waals surface area contributed by atoms with E-state index in [9.17, 15) is 0 Å². The van der Waals surface area contributed by atoms with Crippen molar-refractivity contribution in [2.75, 3.05) is 0 Å². The molecule has 0 radical (unpaired) electrons. The van der Waals surface area contributed by atoms with Gasteiger partial charge in [0.1, 0.15) is 0 Å². The molecule has 0 spiro atoms. The van der Waals surface area contributed by atoms with Crippen molar-refractivity contribution in [2.24, 2.45) is 12.9 Å². The molecule has 1 aromatic rings. The molecule has 3 N–H and O–H groups in total. The molecule has 0 aliphatic rings. The van der Waals surface area contributed by atoms with Crippen LogP contribution in [0.25, 0.3) is 0 Å². The van der Waals surface area contributed by atoms with E-state index >= 15 is 0 Å². The Balaban J connectivity index is 2.65. The van der Waals surface area contributed by atoms with Crippen molar-refractivity contribution in [1.29, 1.82) is 0 Å². The third kappa shape index (κ3) is 3.18. The molecule has 0 aliphatic heterocycles. The van der Waals surface area contributed by atoms with Gasteiger partial charge in [-0.05, 0) is 32.3 Å². The van der Waals surface area contributed by atoms with E-state index in [0.717, 1.165) is 30.7 Å². The van der Waals surface area contributed by atoms with Crippen LogP contribution in [0.15, 0.2) is 18.7 Å². The second-order valence-electron chi connectivity index (χ2n) is 3.77. The average molecular weight is 208 g/mol. The molecule has 1 unspecified atom stereocenters. The van der Waals surface area contributed by atoms with Crippen LogP contribution in [0, 0.1) is 6.92 Å². The van der Waals surface area contributed by atoms with Crippen LogP contribution in [0.2, 0.25) is 0 Å². The van der Waals surface area contributed by atoms with Crippen molar-refractivity contribution in [1.82, 2.24) is 15.2 Å². The summed E-state index contributed by atoms with van der Waals surface area (Å²) < 4.78 is 1.88. The Kier molecular flexibility index (Phi) is 4.52. The fraction of sp³-hybridized carbons (Fsp3) is 0.545. The van der Waals surface area contributed by atoms with E-state index in [-0.39, 0.29) is 6.04 Å². The minimum absolute atomic E-state index is 0.177. The van der Waals surface area contributed by atoms with Gasteiger partial charge in [0, 0.05) is 7.05 Å². The van der Waals surface area contributed by atoms with Gasteiger partial charge < -0.3 is 0 Å². The monoisotopic (exact) mass is 208 g/mol. The summed E-state index contributed by atoms with van der Waals surface area (Å²) in [6, 6.07) is 2.24. The van der Waals surface area contributed by atoms with Gasteiger partial charge >= 0.3 is 0 Å². The van der Waals surface area contributed by atoms with E-state index in [1.807, 2.05) is 24.7 Å². The quantitative estimate of drug-likeness (QED) is 0.323. The third-order valence-corrected chi connectivity index (χ3v) is 2.50. The highest BCUT2D eigenvalue weighted by Gasteiger charge is 2.13. The first kappa shape index (κ1) is 11.9. The van der Waals surface area contributed by atoms with E-state index < -0.39 is 0 Å². The van der Waals surface area contributed by atoms with Gasteiger partial charge in [0.05, 0.1) is 17.4 Å². The predicted octanol–water partition coefficient (Wildman–Crippen LogP) is 1.59. The van der Waals surface area contributed by atoms with Gasteiger partial charge in [0.2, 0.25) is 0 Å². The lowest BCUT2D eigenvalue weighted by Gasteiger charge is -2.15. The predicted molar refractivity (Wildman–Crippen MR) is 62.1 cm³/mol. The van der Waals surface area contributed by atoms with Crippen LogP contribution < -0.4 is 11.3 Å². The first-order valence-electron chi connectivity index (χ1n) is 5.26. The zero-order valence-electron chi connectivity index (χ0n) is 9.53. The first-order chi connectivity index (χ1) is 7.19. The van der Waals surface area contributed by atoms with Gasteiger partial charge in [-0.2, -0.15) is 5.10 Å². The molecule has 0 fully saturated rings. The summed E-state index contributed by atoms with van der Waals surface area (Å²) in [4.78, 5) is 0. The van der Waals surface area contributed by atoms with Crippen molar-refractivity contribution < 1.29 is 0 Å². The van der Waals surface area contributed by atoms with Crippen molar-refractivity contribution in [3.05, 3.63) is 30.1 Å².